The molecule has 0 aliphatic carbocycles. The third-order valence-corrected chi connectivity index (χ3v) is 2.59. The van der Waals surface area contributed by atoms with Gasteiger partial charge in [-0.2, -0.15) is 5.26 Å². The summed E-state index contributed by atoms with van der Waals surface area (Å²) in [4.78, 5) is 27.4. The Bertz CT molecular complexity index is 608. The topological polar surface area (TPSA) is 88.8 Å². The van der Waals surface area contributed by atoms with Crippen molar-refractivity contribution in [3.63, 3.8) is 0 Å². The van der Waals surface area contributed by atoms with Gasteiger partial charge in [0.25, 0.3) is 5.79 Å². The fourth-order valence-electron chi connectivity index (χ4n) is 1.69. The molecule has 0 radical (unpaired) electrons. The van der Waals surface area contributed by atoms with Gasteiger partial charge in [-0.3, -0.25) is 14.6 Å². The molecule has 1 saturated heterocycles. The van der Waals surface area contributed by atoms with Gasteiger partial charge in [0, 0.05) is 20.1 Å². The van der Waals surface area contributed by atoms with Crippen molar-refractivity contribution in [1.29, 1.82) is 5.26 Å². The third kappa shape index (κ3) is 2.83. The zero-order chi connectivity index (χ0) is 14.8. The Hall–Kier alpha value is -2.68. The number of aliphatic imine (C=N–C) groups is 1. The highest BCUT2D eigenvalue weighted by Crippen LogP contribution is 2.23. The van der Waals surface area contributed by atoms with E-state index < -0.39 is 23.6 Å². The standard InChI is InChI=1S/C14H12N2O4/c1-14(2)19-12(17)10(13(18)20-14)8-16-11-6-4-3-5-9(11)7-15/h3-6,8,10H,1-2H3. The van der Waals surface area contributed by atoms with Gasteiger partial charge in [-0.15, -0.1) is 0 Å². The smallest absolute Gasteiger partial charge is 0.329 e. The average molecular weight is 272 g/mol. The van der Waals surface area contributed by atoms with E-state index in [0.29, 0.717) is 11.3 Å². The summed E-state index contributed by atoms with van der Waals surface area (Å²) in [6.45, 7) is 2.95. The number of nitriles is 1. The van der Waals surface area contributed by atoms with E-state index in [1.54, 1.807) is 24.3 Å². The third-order valence-electron chi connectivity index (χ3n) is 2.59. The minimum absolute atomic E-state index is 0.349. The maximum Gasteiger partial charge on any atom is 0.329 e. The van der Waals surface area contributed by atoms with E-state index in [0.717, 1.165) is 6.21 Å². The molecule has 0 bridgehead atoms. The largest absolute Gasteiger partial charge is 0.422 e. The summed E-state index contributed by atoms with van der Waals surface area (Å²) in [5.74, 6) is -3.91. The van der Waals surface area contributed by atoms with Gasteiger partial charge in [0.1, 0.15) is 6.07 Å². The van der Waals surface area contributed by atoms with Gasteiger partial charge in [-0.1, -0.05) is 12.1 Å². The molecule has 102 valence electrons. The van der Waals surface area contributed by atoms with E-state index in [2.05, 4.69) is 4.99 Å². The van der Waals surface area contributed by atoms with Crippen molar-refractivity contribution in [1.82, 2.24) is 0 Å². The minimum atomic E-state index is -1.26. The number of carbonyl (C=O) groups excluding carboxylic acids is 2. The van der Waals surface area contributed by atoms with Gasteiger partial charge in [-0.05, 0) is 12.1 Å². The van der Waals surface area contributed by atoms with Crippen molar-refractivity contribution in [2.24, 2.45) is 10.9 Å². The van der Waals surface area contributed by atoms with E-state index in [-0.39, 0.29) is 0 Å². The first-order valence-electron chi connectivity index (χ1n) is 5.92. The molecule has 1 aliphatic rings. The molecule has 20 heavy (non-hydrogen) atoms. The quantitative estimate of drug-likeness (QED) is 0.464. The molecule has 0 atom stereocenters. The van der Waals surface area contributed by atoms with Crippen molar-refractivity contribution in [3.8, 4) is 6.07 Å². The maximum absolute atomic E-state index is 11.7. The van der Waals surface area contributed by atoms with Crippen molar-refractivity contribution in [2.75, 3.05) is 0 Å². The van der Waals surface area contributed by atoms with E-state index in [4.69, 9.17) is 14.7 Å². The summed E-state index contributed by atoms with van der Waals surface area (Å²) in [6, 6.07) is 8.57. The molecule has 0 N–H and O–H groups in total. The summed E-state index contributed by atoms with van der Waals surface area (Å²) < 4.78 is 9.93. The highest BCUT2D eigenvalue weighted by atomic mass is 16.7. The molecular formula is C14H12N2O4. The second kappa shape index (κ2) is 5.13. The van der Waals surface area contributed by atoms with Crippen LogP contribution in [0.1, 0.15) is 19.4 Å². The van der Waals surface area contributed by atoms with Crippen molar-refractivity contribution < 1.29 is 19.1 Å². The van der Waals surface area contributed by atoms with Gasteiger partial charge in [0.05, 0.1) is 11.3 Å². The molecule has 1 heterocycles. The predicted octanol–water partition coefficient (Wildman–Crippen LogP) is 1.71. The molecule has 2 rings (SSSR count). The first kappa shape index (κ1) is 13.7. The predicted molar refractivity (Wildman–Crippen MR) is 69.1 cm³/mol. The second-order valence-electron chi connectivity index (χ2n) is 4.63. The lowest BCUT2D eigenvalue weighted by molar-refractivity contribution is -0.235. The Morgan fingerprint density at radius 2 is 1.85 bits per heavy atom. The van der Waals surface area contributed by atoms with Crippen LogP contribution in [-0.2, 0) is 19.1 Å². The zero-order valence-electron chi connectivity index (χ0n) is 11.0. The number of ether oxygens (including phenoxy) is 2. The molecule has 0 spiro atoms. The maximum atomic E-state index is 11.7. The average Bonchev–Trinajstić information content (AvgIpc) is 2.36. The first-order valence-corrected chi connectivity index (χ1v) is 5.92. The van der Waals surface area contributed by atoms with Crippen LogP contribution in [0.25, 0.3) is 0 Å². The highest BCUT2D eigenvalue weighted by molar-refractivity contribution is 6.10. The number of cyclic esters (lactones) is 2. The van der Waals surface area contributed by atoms with E-state index >= 15 is 0 Å². The van der Waals surface area contributed by atoms with Crippen LogP contribution in [0.4, 0.5) is 5.69 Å². The van der Waals surface area contributed by atoms with E-state index in [1.165, 1.54) is 13.8 Å². The molecule has 0 saturated carbocycles. The van der Waals surface area contributed by atoms with Crippen LogP contribution in [0.2, 0.25) is 0 Å². The summed E-state index contributed by atoms with van der Waals surface area (Å²) >= 11 is 0. The number of benzene rings is 1. The number of nitrogens with zero attached hydrogens (tertiary/aromatic N) is 2. The van der Waals surface area contributed by atoms with Gasteiger partial charge >= 0.3 is 11.9 Å². The van der Waals surface area contributed by atoms with Gasteiger partial charge in [-0.25, -0.2) is 0 Å². The van der Waals surface area contributed by atoms with Crippen LogP contribution in [0.15, 0.2) is 29.3 Å². The summed E-state index contributed by atoms with van der Waals surface area (Å²) in [7, 11) is 0. The lowest BCUT2D eigenvalue weighted by atomic mass is 10.1. The Balaban J connectivity index is 2.22. The van der Waals surface area contributed by atoms with Crippen molar-refractivity contribution >= 4 is 23.8 Å². The molecule has 6 nitrogen and oxygen atoms in total. The number of hydrogen-bond donors (Lipinski definition) is 0. The number of carbonyl (C=O) groups is 2. The summed E-state index contributed by atoms with van der Waals surface area (Å²) in [5.41, 5.74) is 0.724. The lowest BCUT2D eigenvalue weighted by Crippen LogP contribution is -2.46. The Morgan fingerprint density at radius 1 is 1.25 bits per heavy atom. The van der Waals surface area contributed by atoms with Crippen LogP contribution < -0.4 is 0 Å². The Labute approximate surface area is 115 Å². The number of esters is 2. The first-order chi connectivity index (χ1) is 9.43. The molecule has 0 aromatic heterocycles. The molecule has 0 amide bonds. The number of hydrogen-bond acceptors (Lipinski definition) is 6. The van der Waals surface area contributed by atoms with Gasteiger partial charge in [0.15, 0.2) is 5.92 Å². The minimum Gasteiger partial charge on any atom is -0.422 e. The van der Waals surface area contributed by atoms with Crippen LogP contribution in [0.5, 0.6) is 0 Å². The number of para-hydroxylation sites is 1. The Morgan fingerprint density at radius 3 is 2.45 bits per heavy atom. The fourth-order valence-corrected chi connectivity index (χ4v) is 1.69. The van der Waals surface area contributed by atoms with Gasteiger partial charge in [0.2, 0.25) is 0 Å². The molecule has 1 fully saturated rings. The second-order valence-corrected chi connectivity index (χ2v) is 4.63. The highest BCUT2D eigenvalue weighted by Gasteiger charge is 2.42. The molecule has 1 aliphatic heterocycles. The van der Waals surface area contributed by atoms with Crippen molar-refractivity contribution in [2.45, 2.75) is 19.6 Å². The molecule has 0 unspecified atom stereocenters. The van der Waals surface area contributed by atoms with E-state index in [9.17, 15) is 9.59 Å². The van der Waals surface area contributed by atoms with E-state index in [1.807, 2.05) is 6.07 Å². The van der Waals surface area contributed by atoms with Crippen LogP contribution in [0, 0.1) is 17.2 Å². The lowest BCUT2D eigenvalue weighted by Gasteiger charge is -2.31. The van der Waals surface area contributed by atoms with Crippen LogP contribution >= 0.6 is 0 Å². The fraction of sp³-hybridized carbons (Fsp3) is 0.286. The summed E-state index contributed by atoms with van der Waals surface area (Å²) in [5, 5.41) is 8.92. The number of rotatable bonds is 2. The Kier molecular flexibility index (Phi) is 3.53. The molecule has 1 aromatic carbocycles. The molecule has 6 heteroatoms. The van der Waals surface area contributed by atoms with Gasteiger partial charge < -0.3 is 9.47 Å². The molecule has 1 aromatic rings. The summed E-state index contributed by atoms with van der Waals surface area (Å²) in [6.07, 6.45) is 1.14. The normalized spacial score (nSPS) is 18.4. The van der Waals surface area contributed by atoms with Crippen LogP contribution in [0.3, 0.4) is 0 Å². The van der Waals surface area contributed by atoms with Crippen LogP contribution in [-0.4, -0.2) is 23.9 Å². The molecular weight excluding hydrogens is 260 g/mol. The van der Waals surface area contributed by atoms with Crippen molar-refractivity contribution in [3.05, 3.63) is 29.8 Å². The SMILES string of the molecule is CC1(C)OC(=O)C(C=Nc2ccccc2C#N)C(=O)O1. The zero-order valence-corrected chi connectivity index (χ0v) is 11.0. The monoisotopic (exact) mass is 272 g/mol.